The summed E-state index contributed by atoms with van der Waals surface area (Å²) in [6.07, 6.45) is 5.69. The maximum Gasteiger partial charge on any atom is 0.323 e. The summed E-state index contributed by atoms with van der Waals surface area (Å²) in [6.45, 7) is 7.71. The van der Waals surface area contributed by atoms with Gasteiger partial charge in [-0.1, -0.05) is 27.2 Å². The smallest absolute Gasteiger partial charge is 0.323 e. The molecule has 0 amide bonds. The Hall–Kier alpha value is -0.570. The van der Waals surface area contributed by atoms with Gasteiger partial charge >= 0.3 is 5.97 Å². The molecule has 104 valence electrons. The number of hydrogen-bond acceptors (Lipinski definition) is 3. The summed E-state index contributed by atoms with van der Waals surface area (Å²) in [7, 11) is 0. The van der Waals surface area contributed by atoms with Gasteiger partial charge in [0, 0.05) is 0 Å². The van der Waals surface area contributed by atoms with Gasteiger partial charge in [-0.25, -0.2) is 0 Å². The van der Waals surface area contributed by atoms with E-state index in [9.17, 15) is 4.79 Å². The highest BCUT2D eigenvalue weighted by Crippen LogP contribution is 2.35. The van der Waals surface area contributed by atoms with Gasteiger partial charge in [0.25, 0.3) is 0 Å². The number of nitrogens with one attached hydrogen (secondary N) is 1. The van der Waals surface area contributed by atoms with Crippen LogP contribution in [0.15, 0.2) is 0 Å². The normalized spacial score (nSPS) is 36.9. The van der Waals surface area contributed by atoms with Gasteiger partial charge in [-0.2, -0.15) is 0 Å². The third-order valence-corrected chi connectivity index (χ3v) is 4.57. The molecule has 2 fully saturated rings. The average Bonchev–Trinajstić information content (AvgIpc) is 2.81. The summed E-state index contributed by atoms with van der Waals surface area (Å²) in [4.78, 5) is 12.1. The van der Waals surface area contributed by atoms with E-state index in [-0.39, 0.29) is 18.1 Å². The minimum atomic E-state index is -0.0463. The number of carbonyl (C=O) groups excluding carboxylic acids is 1. The van der Waals surface area contributed by atoms with Crippen LogP contribution in [0.5, 0.6) is 0 Å². The van der Waals surface area contributed by atoms with Crippen molar-refractivity contribution in [3.05, 3.63) is 0 Å². The Morgan fingerprint density at radius 2 is 2.06 bits per heavy atom. The lowest BCUT2D eigenvalue weighted by atomic mass is 9.75. The molecular weight excluding hydrogens is 226 g/mol. The van der Waals surface area contributed by atoms with E-state index >= 15 is 0 Å². The second-order valence-corrected chi connectivity index (χ2v) is 6.45. The maximum atomic E-state index is 12.1. The van der Waals surface area contributed by atoms with Crippen molar-refractivity contribution in [2.24, 2.45) is 17.8 Å². The predicted molar refractivity (Wildman–Crippen MR) is 72.2 cm³/mol. The molecule has 4 atom stereocenters. The highest BCUT2D eigenvalue weighted by Gasteiger charge is 2.35. The molecular formula is C15H27NO2. The molecule has 3 nitrogen and oxygen atoms in total. The lowest BCUT2D eigenvalue weighted by Gasteiger charge is -2.37. The van der Waals surface area contributed by atoms with Crippen molar-refractivity contribution in [2.45, 2.75) is 65.0 Å². The molecule has 0 spiro atoms. The van der Waals surface area contributed by atoms with E-state index in [0.29, 0.717) is 17.8 Å². The SMILES string of the molecule is CC1CCC(C(C)C)C(OC(=O)[C@@H]2CCCN2)C1. The summed E-state index contributed by atoms with van der Waals surface area (Å²) < 4.78 is 5.82. The Kier molecular flexibility index (Phi) is 4.66. The van der Waals surface area contributed by atoms with Crippen LogP contribution < -0.4 is 5.32 Å². The molecule has 18 heavy (non-hydrogen) atoms. The Balaban J connectivity index is 1.93. The zero-order chi connectivity index (χ0) is 13.1. The van der Waals surface area contributed by atoms with E-state index in [4.69, 9.17) is 4.74 Å². The van der Waals surface area contributed by atoms with Crippen molar-refractivity contribution < 1.29 is 9.53 Å². The zero-order valence-corrected chi connectivity index (χ0v) is 11.9. The molecule has 3 unspecified atom stereocenters. The number of ether oxygens (including phenoxy) is 1. The third kappa shape index (κ3) is 3.25. The van der Waals surface area contributed by atoms with Crippen molar-refractivity contribution in [1.29, 1.82) is 0 Å². The Labute approximate surface area is 111 Å². The summed E-state index contributed by atoms with van der Waals surface area (Å²) in [6, 6.07) is -0.0463. The van der Waals surface area contributed by atoms with Crippen LogP contribution in [-0.2, 0) is 9.53 Å². The molecule has 0 aromatic heterocycles. The minimum absolute atomic E-state index is 0.0164. The van der Waals surface area contributed by atoms with Gasteiger partial charge in [0.2, 0.25) is 0 Å². The Morgan fingerprint density at radius 1 is 1.28 bits per heavy atom. The molecule has 3 heteroatoms. The predicted octanol–water partition coefficient (Wildman–Crippen LogP) is 2.74. The Morgan fingerprint density at radius 3 is 2.67 bits per heavy atom. The number of hydrogen-bond donors (Lipinski definition) is 1. The molecule has 0 aromatic rings. The van der Waals surface area contributed by atoms with Gasteiger partial charge in [-0.3, -0.25) is 4.79 Å². The van der Waals surface area contributed by atoms with Gasteiger partial charge in [0.1, 0.15) is 12.1 Å². The second kappa shape index (κ2) is 6.05. The fourth-order valence-electron chi connectivity index (χ4n) is 3.37. The maximum absolute atomic E-state index is 12.1. The molecule has 1 aliphatic carbocycles. The van der Waals surface area contributed by atoms with Crippen molar-refractivity contribution >= 4 is 5.97 Å². The molecule has 0 radical (unpaired) electrons. The van der Waals surface area contributed by atoms with Crippen molar-refractivity contribution in [2.75, 3.05) is 6.54 Å². The average molecular weight is 253 g/mol. The Bertz CT molecular complexity index is 284. The summed E-state index contributed by atoms with van der Waals surface area (Å²) in [5, 5.41) is 3.23. The first-order chi connectivity index (χ1) is 8.58. The van der Waals surface area contributed by atoms with E-state index in [1.807, 2.05) is 0 Å². The standard InChI is InChI=1S/C15H27NO2/c1-10(2)12-7-6-11(3)9-14(12)18-15(17)13-5-4-8-16-13/h10-14,16H,4-9H2,1-3H3/t11?,12?,13-,14?/m0/s1. The number of esters is 1. The first kappa shape index (κ1) is 13.9. The topological polar surface area (TPSA) is 38.3 Å². The van der Waals surface area contributed by atoms with Crippen LogP contribution in [0.2, 0.25) is 0 Å². The lowest BCUT2D eigenvalue weighted by molar-refractivity contribution is -0.158. The monoisotopic (exact) mass is 253 g/mol. The van der Waals surface area contributed by atoms with Gasteiger partial charge in [0.05, 0.1) is 0 Å². The molecule has 0 aromatic carbocycles. The van der Waals surface area contributed by atoms with E-state index in [2.05, 4.69) is 26.1 Å². The highest BCUT2D eigenvalue weighted by molar-refractivity contribution is 5.76. The van der Waals surface area contributed by atoms with Gasteiger partial charge < -0.3 is 10.1 Å². The lowest BCUT2D eigenvalue weighted by Crippen LogP contribution is -2.40. The first-order valence-corrected chi connectivity index (χ1v) is 7.51. The fraction of sp³-hybridized carbons (Fsp3) is 0.933. The summed E-state index contributed by atoms with van der Waals surface area (Å²) in [5.41, 5.74) is 0. The summed E-state index contributed by atoms with van der Waals surface area (Å²) in [5.74, 6) is 1.82. The van der Waals surface area contributed by atoms with Crippen LogP contribution >= 0.6 is 0 Å². The van der Waals surface area contributed by atoms with Crippen LogP contribution in [0, 0.1) is 17.8 Å². The molecule has 1 N–H and O–H groups in total. The van der Waals surface area contributed by atoms with Gasteiger partial charge in [-0.15, -0.1) is 0 Å². The van der Waals surface area contributed by atoms with Gasteiger partial charge in [-0.05, 0) is 50.0 Å². The molecule has 1 saturated carbocycles. The third-order valence-electron chi connectivity index (χ3n) is 4.57. The number of rotatable bonds is 3. The molecule has 2 aliphatic rings. The van der Waals surface area contributed by atoms with Crippen molar-refractivity contribution in [3.63, 3.8) is 0 Å². The minimum Gasteiger partial charge on any atom is -0.461 e. The van der Waals surface area contributed by atoms with Crippen molar-refractivity contribution in [3.8, 4) is 0 Å². The molecule has 1 aliphatic heterocycles. The van der Waals surface area contributed by atoms with Crippen LogP contribution in [0.4, 0.5) is 0 Å². The molecule has 2 rings (SSSR count). The van der Waals surface area contributed by atoms with Crippen LogP contribution in [0.1, 0.15) is 52.9 Å². The molecule has 1 saturated heterocycles. The van der Waals surface area contributed by atoms with E-state index < -0.39 is 0 Å². The number of carbonyl (C=O) groups is 1. The van der Waals surface area contributed by atoms with E-state index in [1.165, 1.54) is 12.8 Å². The molecule has 0 bridgehead atoms. The second-order valence-electron chi connectivity index (χ2n) is 6.45. The van der Waals surface area contributed by atoms with Crippen molar-refractivity contribution in [1.82, 2.24) is 5.32 Å². The van der Waals surface area contributed by atoms with Crippen LogP contribution in [-0.4, -0.2) is 24.7 Å². The zero-order valence-electron chi connectivity index (χ0n) is 11.9. The quantitative estimate of drug-likeness (QED) is 0.786. The first-order valence-electron chi connectivity index (χ1n) is 7.51. The largest absolute Gasteiger partial charge is 0.461 e. The van der Waals surface area contributed by atoms with E-state index in [0.717, 1.165) is 25.8 Å². The van der Waals surface area contributed by atoms with Gasteiger partial charge in [0.15, 0.2) is 0 Å². The fourth-order valence-corrected chi connectivity index (χ4v) is 3.37. The summed E-state index contributed by atoms with van der Waals surface area (Å²) >= 11 is 0. The van der Waals surface area contributed by atoms with E-state index in [1.54, 1.807) is 0 Å². The van der Waals surface area contributed by atoms with Crippen LogP contribution in [0.25, 0.3) is 0 Å². The highest BCUT2D eigenvalue weighted by atomic mass is 16.5. The van der Waals surface area contributed by atoms with Crippen LogP contribution in [0.3, 0.4) is 0 Å². The molecule has 1 heterocycles.